The van der Waals surface area contributed by atoms with E-state index in [-0.39, 0.29) is 55.5 Å². The van der Waals surface area contributed by atoms with Crippen molar-refractivity contribution in [2.24, 2.45) is 0 Å². The number of nitrogens with one attached hydrogen (secondary N) is 3. The Morgan fingerprint density at radius 1 is 1.21 bits per heavy atom. The number of rotatable bonds is 12. The third-order valence-corrected chi connectivity index (χ3v) is 4.54. The zero-order chi connectivity index (χ0) is 23.5. The normalized spacial score (nSPS) is 10.9. The van der Waals surface area contributed by atoms with E-state index in [1.807, 2.05) is 6.07 Å². The molecule has 0 saturated carbocycles. The number of carboxylic acids is 1. The summed E-state index contributed by atoms with van der Waals surface area (Å²) in [7, 11) is 0. The summed E-state index contributed by atoms with van der Waals surface area (Å²) in [6.45, 7) is 1.76. The molecule has 1 heterocycles. The van der Waals surface area contributed by atoms with E-state index in [2.05, 4.69) is 20.9 Å². The molecule has 0 spiro atoms. The topological polar surface area (TPSA) is 164 Å². The number of carbonyl (C=O) groups is 3. The molecular weight excluding hydrogens is 441 g/mol. The molecule has 0 saturated heterocycles. The molecule has 0 bridgehead atoms. The summed E-state index contributed by atoms with van der Waals surface area (Å²) in [5, 5.41) is 28.4. The number of benzene rings is 1. The van der Waals surface area contributed by atoms with Crippen molar-refractivity contribution in [1.29, 1.82) is 0 Å². The van der Waals surface area contributed by atoms with Gasteiger partial charge in [-0.3, -0.25) is 24.5 Å². The van der Waals surface area contributed by atoms with Gasteiger partial charge >= 0.3 is 35.5 Å². The Morgan fingerprint density at radius 3 is 2.61 bits per heavy atom. The number of nitro groups is 1. The molecule has 1 unspecified atom stereocenters. The van der Waals surface area contributed by atoms with E-state index >= 15 is 0 Å². The maximum Gasteiger partial charge on any atom is 1.00 e. The minimum Gasteiger partial charge on any atom is -1.00 e. The van der Waals surface area contributed by atoms with Crippen molar-refractivity contribution in [2.45, 2.75) is 32.2 Å². The molecule has 0 radical (unpaired) electrons. The number of nitro benzene ring substituents is 1. The molecule has 2 amide bonds. The number of carboxylic acid groups (broad SMARTS) is 1. The molecule has 172 valence electrons. The second-order valence-corrected chi connectivity index (χ2v) is 7.04. The van der Waals surface area contributed by atoms with Crippen molar-refractivity contribution < 1.29 is 55.4 Å². The number of carbonyl (C=O) groups excluding carboxylic acids is 2. The van der Waals surface area contributed by atoms with Gasteiger partial charge in [0.1, 0.15) is 5.82 Å². The third kappa shape index (κ3) is 9.98. The zero-order valence-electron chi connectivity index (χ0n) is 19.5. The van der Waals surface area contributed by atoms with E-state index in [1.165, 1.54) is 18.2 Å². The number of hydrogen-bond donors (Lipinski definition) is 4. The van der Waals surface area contributed by atoms with Crippen LogP contribution in [0.25, 0.3) is 0 Å². The third-order valence-electron chi connectivity index (χ3n) is 4.54. The van der Waals surface area contributed by atoms with Gasteiger partial charge in [0.25, 0.3) is 5.69 Å². The molecule has 1 aromatic carbocycles. The summed E-state index contributed by atoms with van der Waals surface area (Å²) in [5.41, 5.74) is 0.550. The van der Waals surface area contributed by atoms with Crippen LogP contribution < -0.4 is 45.5 Å². The van der Waals surface area contributed by atoms with E-state index in [4.69, 9.17) is 5.11 Å². The molecule has 0 aliphatic heterocycles. The number of aromatic nitrogens is 1. The second kappa shape index (κ2) is 14.2. The van der Waals surface area contributed by atoms with Crippen LogP contribution >= 0.6 is 0 Å². The molecule has 2 rings (SSSR count). The Bertz CT molecular complexity index is 979. The largest absolute Gasteiger partial charge is 1.00 e. The van der Waals surface area contributed by atoms with Crippen LogP contribution in [0.4, 0.5) is 11.5 Å². The summed E-state index contributed by atoms with van der Waals surface area (Å²) >= 11 is 0. The zero-order valence-corrected chi connectivity index (χ0v) is 20.5. The molecule has 0 fully saturated rings. The fraction of sp³-hybridized carbons (Fsp3) is 0.333. The van der Waals surface area contributed by atoms with Crippen LogP contribution in [-0.4, -0.2) is 45.9 Å². The van der Waals surface area contributed by atoms with Crippen molar-refractivity contribution >= 4 is 29.3 Å². The van der Waals surface area contributed by atoms with Crippen LogP contribution in [0.5, 0.6) is 0 Å². The van der Waals surface area contributed by atoms with Crippen molar-refractivity contribution in [3.63, 3.8) is 0 Å². The van der Waals surface area contributed by atoms with E-state index in [9.17, 15) is 24.5 Å². The summed E-state index contributed by atoms with van der Waals surface area (Å²) in [4.78, 5) is 50.1. The van der Waals surface area contributed by atoms with Crippen LogP contribution in [0.3, 0.4) is 0 Å². The van der Waals surface area contributed by atoms with Gasteiger partial charge in [-0.2, -0.15) is 0 Å². The first-order chi connectivity index (χ1) is 15.3. The Kier molecular flexibility index (Phi) is 12.0. The Labute approximate surface area is 214 Å². The first-order valence-corrected chi connectivity index (χ1v) is 9.94. The molecule has 12 heteroatoms. The van der Waals surface area contributed by atoms with E-state index in [1.54, 1.807) is 25.3 Å². The molecule has 1 aromatic heterocycles. The minimum atomic E-state index is -1.18. The maximum atomic E-state index is 12.2. The maximum absolute atomic E-state index is 12.2. The van der Waals surface area contributed by atoms with E-state index < -0.39 is 29.3 Å². The van der Waals surface area contributed by atoms with Gasteiger partial charge in [0, 0.05) is 30.8 Å². The smallest absolute Gasteiger partial charge is 1.00 e. The van der Waals surface area contributed by atoms with Crippen LogP contribution in [-0.2, 0) is 14.4 Å². The number of anilines is 1. The van der Waals surface area contributed by atoms with Crippen LogP contribution in [0.1, 0.15) is 37.9 Å². The van der Waals surface area contributed by atoms with Gasteiger partial charge in [-0.05, 0) is 31.0 Å². The molecule has 0 aliphatic rings. The SMILES string of the molecule is Cc1ccc(C(CC(=O)O)NC(=O)CNC(=O)CCCNc2ccccn2)cc1[N+](=O)[O-].[H-].[Na+]. The van der Waals surface area contributed by atoms with Crippen molar-refractivity contribution in [3.05, 3.63) is 63.8 Å². The van der Waals surface area contributed by atoms with Gasteiger partial charge in [0.15, 0.2) is 0 Å². The number of pyridine rings is 1. The predicted octanol–water partition coefficient (Wildman–Crippen LogP) is -0.945. The van der Waals surface area contributed by atoms with Crippen LogP contribution in [0.2, 0.25) is 0 Å². The van der Waals surface area contributed by atoms with Crippen molar-refractivity contribution in [2.75, 3.05) is 18.4 Å². The van der Waals surface area contributed by atoms with Crippen molar-refractivity contribution in [1.82, 2.24) is 15.6 Å². The van der Waals surface area contributed by atoms with Crippen LogP contribution in [0.15, 0.2) is 42.6 Å². The molecule has 11 nitrogen and oxygen atoms in total. The molecule has 0 aliphatic carbocycles. The molecule has 2 aromatic rings. The van der Waals surface area contributed by atoms with Gasteiger partial charge < -0.3 is 22.5 Å². The quantitative estimate of drug-likeness (QED) is 0.134. The van der Waals surface area contributed by atoms with Crippen molar-refractivity contribution in [3.8, 4) is 0 Å². The number of amides is 2. The van der Waals surface area contributed by atoms with Crippen LogP contribution in [0, 0.1) is 17.0 Å². The summed E-state index contributed by atoms with van der Waals surface area (Å²) in [5.74, 6) is -1.40. The monoisotopic (exact) mass is 467 g/mol. The van der Waals surface area contributed by atoms with Gasteiger partial charge in [-0.25, -0.2) is 4.98 Å². The molecule has 1 atom stereocenters. The fourth-order valence-corrected chi connectivity index (χ4v) is 2.91. The average molecular weight is 467 g/mol. The van der Waals surface area contributed by atoms with E-state index in [0.717, 1.165) is 0 Å². The molecule has 4 N–H and O–H groups in total. The number of aliphatic carboxylic acids is 1. The number of aryl methyl sites for hydroxylation is 1. The average Bonchev–Trinajstić information content (AvgIpc) is 2.75. The Hall–Kier alpha value is -3.02. The van der Waals surface area contributed by atoms with Gasteiger partial charge in [-0.15, -0.1) is 0 Å². The first-order valence-electron chi connectivity index (χ1n) is 9.94. The predicted molar refractivity (Wildman–Crippen MR) is 117 cm³/mol. The fourth-order valence-electron chi connectivity index (χ4n) is 2.91. The van der Waals surface area contributed by atoms with Gasteiger partial charge in [0.05, 0.1) is 23.9 Å². The number of hydrogen-bond acceptors (Lipinski definition) is 7. The van der Waals surface area contributed by atoms with E-state index in [0.29, 0.717) is 29.9 Å². The number of nitrogens with zero attached hydrogens (tertiary/aromatic N) is 2. The molecular formula is C21H26N5NaO6. The van der Waals surface area contributed by atoms with Gasteiger partial charge in [0.2, 0.25) is 11.8 Å². The Balaban J connectivity index is 0.00000544. The second-order valence-electron chi connectivity index (χ2n) is 7.04. The minimum absolute atomic E-state index is 0. The van der Waals surface area contributed by atoms with Gasteiger partial charge in [-0.1, -0.05) is 18.2 Å². The molecule has 33 heavy (non-hydrogen) atoms. The Morgan fingerprint density at radius 2 is 1.97 bits per heavy atom. The standard InChI is InChI=1S/C21H25N5O6.Na.H/c1-14-7-8-15(11-17(14)26(31)32)16(12-21(29)30)25-20(28)13-24-19(27)6-4-10-23-18-5-2-3-9-22-18;;/h2-3,5,7-9,11,16H,4,6,10,12-13H2,1H3,(H,22,23)(H,24,27)(H,25,28)(H,29,30);;/q;+1;-1. The summed E-state index contributed by atoms with van der Waals surface area (Å²) in [6.07, 6.45) is 1.91. The first kappa shape index (κ1) is 28.0. The summed E-state index contributed by atoms with van der Waals surface area (Å²) in [6, 6.07) is 8.74. The summed E-state index contributed by atoms with van der Waals surface area (Å²) < 4.78 is 0.